The molecule has 1 aliphatic heterocycles. The lowest BCUT2D eigenvalue weighted by Crippen LogP contribution is -2.13. The average molecular weight is 455 g/mol. The normalized spacial score (nSPS) is 14.9. The van der Waals surface area contributed by atoms with Crippen LogP contribution in [0.1, 0.15) is 12.0 Å². The first-order chi connectivity index (χ1) is 16.1. The molecule has 33 heavy (non-hydrogen) atoms. The molecule has 1 aliphatic rings. The fourth-order valence-corrected chi connectivity index (χ4v) is 3.76. The molecular weight excluding hydrogens is 436 g/mol. The van der Waals surface area contributed by atoms with Gasteiger partial charge in [-0.05, 0) is 48.5 Å². The van der Waals surface area contributed by atoms with Crippen LogP contribution in [0.4, 0.5) is 11.5 Å². The van der Waals surface area contributed by atoms with Gasteiger partial charge >= 0.3 is 0 Å². The molecule has 1 fully saturated rings. The Balaban J connectivity index is 1.39. The number of hydrogen-bond donors (Lipinski definition) is 2. The zero-order chi connectivity index (χ0) is 22.6. The van der Waals surface area contributed by atoms with Crippen molar-refractivity contribution in [2.75, 3.05) is 11.9 Å². The van der Waals surface area contributed by atoms with Crippen LogP contribution >= 0.6 is 11.6 Å². The number of nitrogens with one attached hydrogen (secondary N) is 2. The maximum atomic E-state index is 11.4. The van der Waals surface area contributed by atoms with E-state index in [2.05, 4.69) is 32.4 Å². The molecule has 0 saturated carbocycles. The van der Waals surface area contributed by atoms with E-state index in [0.717, 1.165) is 22.2 Å². The third kappa shape index (κ3) is 4.89. The van der Waals surface area contributed by atoms with Gasteiger partial charge in [-0.1, -0.05) is 41.6 Å². The van der Waals surface area contributed by atoms with Gasteiger partial charge in [-0.25, -0.2) is 9.97 Å². The van der Waals surface area contributed by atoms with Crippen molar-refractivity contribution in [3.8, 4) is 23.3 Å². The Labute approximate surface area is 196 Å². The number of hydrogen-bond acceptors (Lipinski definition) is 5. The number of anilines is 2. The van der Waals surface area contributed by atoms with Crippen molar-refractivity contribution in [2.24, 2.45) is 5.92 Å². The summed E-state index contributed by atoms with van der Waals surface area (Å²) in [6, 6.07) is 20.7. The summed E-state index contributed by atoms with van der Waals surface area (Å²) in [5.74, 6) is 8.35. The highest BCUT2D eigenvalue weighted by Gasteiger charge is 2.18. The quantitative estimate of drug-likeness (QED) is 0.409. The van der Waals surface area contributed by atoms with E-state index in [1.807, 2.05) is 60.7 Å². The lowest BCUT2D eigenvalue weighted by molar-refractivity contribution is -0.119. The minimum absolute atomic E-state index is 0.0385. The summed E-state index contributed by atoms with van der Waals surface area (Å²) >= 11 is 6.46. The SMILES string of the molecule is O=C1CC(C#Cc2ccc3ncnc(Nc4ccc(Oc5ccccc5)c(Cl)c4)c3c2)CN1. The number of para-hydroxylation sites is 1. The molecule has 0 bridgehead atoms. The molecule has 5 rings (SSSR count). The van der Waals surface area contributed by atoms with E-state index in [-0.39, 0.29) is 11.8 Å². The van der Waals surface area contributed by atoms with Crippen LogP contribution in [0, 0.1) is 17.8 Å². The molecule has 4 aromatic rings. The van der Waals surface area contributed by atoms with Gasteiger partial charge in [0.15, 0.2) is 0 Å². The van der Waals surface area contributed by atoms with Crippen LogP contribution in [-0.2, 0) is 4.79 Å². The Morgan fingerprint density at radius 3 is 2.73 bits per heavy atom. The molecule has 2 heterocycles. The van der Waals surface area contributed by atoms with Gasteiger partial charge in [-0.15, -0.1) is 0 Å². The number of nitrogens with zero attached hydrogens (tertiary/aromatic N) is 2. The minimum Gasteiger partial charge on any atom is -0.456 e. The second-order valence-electron chi connectivity index (χ2n) is 7.61. The van der Waals surface area contributed by atoms with E-state index in [9.17, 15) is 4.79 Å². The predicted molar refractivity (Wildman–Crippen MR) is 129 cm³/mol. The van der Waals surface area contributed by atoms with Crippen LogP contribution in [0.15, 0.2) is 73.1 Å². The molecule has 2 N–H and O–H groups in total. The number of halogens is 1. The fraction of sp³-hybridized carbons (Fsp3) is 0.115. The van der Waals surface area contributed by atoms with Crippen molar-refractivity contribution in [2.45, 2.75) is 6.42 Å². The highest BCUT2D eigenvalue weighted by Crippen LogP contribution is 2.33. The molecule has 1 amide bonds. The number of rotatable bonds is 4. The number of carbonyl (C=O) groups excluding carboxylic acids is 1. The van der Waals surface area contributed by atoms with Gasteiger partial charge in [0.25, 0.3) is 0 Å². The van der Waals surface area contributed by atoms with Crippen molar-refractivity contribution >= 4 is 39.9 Å². The standard InChI is InChI=1S/C26H19ClN4O2/c27-22-14-19(9-11-24(22)33-20-4-2-1-3-5-20)31-26-21-12-17(8-10-23(21)29-16-30-26)6-7-18-13-25(32)28-15-18/h1-5,8-12,14,16,18H,13,15H2,(H,28,32)(H,29,30,31). The number of ether oxygens (including phenoxy) is 1. The van der Waals surface area contributed by atoms with Gasteiger partial charge in [0.05, 0.1) is 10.5 Å². The second kappa shape index (κ2) is 9.19. The summed E-state index contributed by atoms with van der Waals surface area (Å²) in [7, 11) is 0. The van der Waals surface area contributed by atoms with E-state index >= 15 is 0 Å². The molecule has 0 aliphatic carbocycles. The summed E-state index contributed by atoms with van der Waals surface area (Å²) in [5, 5.41) is 7.44. The fourth-order valence-electron chi connectivity index (χ4n) is 3.54. The Hall–Kier alpha value is -4.08. The molecule has 1 unspecified atom stereocenters. The number of aromatic nitrogens is 2. The summed E-state index contributed by atoms with van der Waals surface area (Å²) in [5.41, 5.74) is 2.41. The van der Waals surface area contributed by atoms with Crippen molar-refractivity contribution in [3.05, 3.63) is 83.6 Å². The van der Waals surface area contributed by atoms with E-state index in [0.29, 0.717) is 35.3 Å². The molecule has 7 heteroatoms. The smallest absolute Gasteiger partial charge is 0.221 e. The van der Waals surface area contributed by atoms with Crippen molar-refractivity contribution in [1.82, 2.24) is 15.3 Å². The third-order valence-corrected chi connectivity index (χ3v) is 5.49. The maximum absolute atomic E-state index is 11.4. The van der Waals surface area contributed by atoms with Crippen LogP contribution in [-0.4, -0.2) is 22.4 Å². The first-order valence-electron chi connectivity index (χ1n) is 10.5. The average Bonchev–Trinajstić information content (AvgIpc) is 3.25. The van der Waals surface area contributed by atoms with Crippen LogP contribution < -0.4 is 15.4 Å². The Bertz CT molecular complexity index is 1400. The van der Waals surface area contributed by atoms with Crippen LogP contribution in [0.5, 0.6) is 11.5 Å². The van der Waals surface area contributed by atoms with Gasteiger partial charge in [-0.3, -0.25) is 4.79 Å². The van der Waals surface area contributed by atoms with Gasteiger partial charge in [0.1, 0.15) is 23.6 Å². The van der Waals surface area contributed by atoms with E-state index in [4.69, 9.17) is 16.3 Å². The molecule has 0 radical (unpaired) electrons. The van der Waals surface area contributed by atoms with E-state index in [1.54, 1.807) is 6.07 Å². The first kappa shape index (κ1) is 20.8. The maximum Gasteiger partial charge on any atom is 0.221 e. The molecule has 0 spiro atoms. The van der Waals surface area contributed by atoms with Crippen molar-refractivity contribution < 1.29 is 9.53 Å². The highest BCUT2D eigenvalue weighted by molar-refractivity contribution is 6.32. The summed E-state index contributed by atoms with van der Waals surface area (Å²) < 4.78 is 5.85. The number of amides is 1. The Morgan fingerprint density at radius 1 is 1.06 bits per heavy atom. The minimum atomic E-state index is 0.0385. The molecule has 1 aromatic heterocycles. The monoisotopic (exact) mass is 454 g/mol. The highest BCUT2D eigenvalue weighted by atomic mass is 35.5. The number of fused-ring (bicyclic) bond motifs is 1. The molecule has 162 valence electrons. The molecule has 1 atom stereocenters. The Morgan fingerprint density at radius 2 is 1.94 bits per heavy atom. The zero-order valence-corrected chi connectivity index (χ0v) is 18.3. The van der Waals surface area contributed by atoms with Crippen molar-refractivity contribution in [3.63, 3.8) is 0 Å². The molecule has 1 saturated heterocycles. The van der Waals surface area contributed by atoms with Gasteiger partial charge in [-0.2, -0.15) is 0 Å². The van der Waals surface area contributed by atoms with Crippen LogP contribution in [0.25, 0.3) is 10.9 Å². The van der Waals surface area contributed by atoms with Gasteiger partial charge in [0, 0.05) is 35.5 Å². The first-order valence-corrected chi connectivity index (χ1v) is 10.8. The predicted octanol–water partition coefficient (Wildman–Crippen LogP) is 5.31. The molecule has 3 aromatic carbocycles. The van der Waals surface area contributed by atoms with Gasteiger partial charge < -0.3 is 15.4 Å². The third-order valence-electron chi connectivity index (χ3n) is 5.20. The van der Waals surface area contributed by atoms with Crippen LogP contribution in [0.2, 0.25) is 5.02 Å². The van der Waals surface area contributed by atoms with Gasteiger partial charge in [0.2, 0.25) is 5.91 Å². The van der Waals surface area contributed by atoms with Crippen LogP contribution in [0.3, 0.4) is 0 Å². The van der Waals surface area contributed by atoms with Crippen molar-refractivity contribution in [1.29, 1.82) is 0 Å². The number of benzene rings is 3. The Kier molecular flexibility index (Phi) is 5.79. The summed E-state index contributed by atoms with van der Waals surface area (Å²) in [6.45, 7) is 0.597. The lowest BCUT2D eigenvalue weighted by Gasteiger charge is -2.11. The zero-order valence-electron chi connectivity index (χ0n) is 17.5. The summed E-state index contributed by atoms with van der Waals surface area (Å²) in [6.07, 6.45) is 1.96. The number of carbonyl (C=O) groups is 1. The largest absolute Gasteiger partial charge is 0.456 e. The topological polar surface area (TPSA) is 76.1 Å². The van der Waals surface area contributed by atoms with E-state index < -0.39 is 0 Å². The second-order valence-corrected chi connectivity index (χ2v) is 8.02. The lowest BCUT2D eigenvalue weighted by atomic mass is 10.1. The van der Waals surface area contributed by atoms with E-state index in [1.165, 1.54) is 6.33 Å². The molecule has 6 nitrogen and oxygen atoms in total. The molecular formula is C26H19ClN4O2. The summed E-state index contributed by atoms with van der Waals surface area (Å²) in [4.78, 5) is 20.1.